The van der Waals surface area contributed by atoms with Crippen molar-refractivity contribution in [2.24, 2.45) is 17.8 Å². The number of hydrogen-bond acceptors (Lipinski definition) is 3. The molecule has 21 heavy (non-hydrogen) atoms. The largest absolute Gasteiger partial charge is 0.356 e. The minimum Gasteiger partial charge on any atom is -0.356 e. The van der Waals surface area contributed by atoms with E-state index in [0.717, 1.165) is 18.0 Å². The highest BCUT2D eigenvalue weighted by molar-refractivity contribution is 5.99. The molecule has 0 amide bonds. The van der Waals surface area contributed by atoms with E-state index in [-0.39, 0.29) is 11.8 Å². The van der Waals surface area contributed by atoms with Crippen LogP contribution in [0.3, 0.4) is 0 Å². The molecule has 0 aromatic heterocycles. The number of hydrogen-bond donors (Lipinski definition) is 0. The van der Waals surface area contributed by atoms with Gasteiger partial charge in [-0.05, 0) is 50.7 Å². The van der Waals surface area contributed by atoms with E-state index in [1.54, 1.807) is 0 Å². The Morgan fingerprint density at radius 3 is 2.81 bits per heavy atom. The monoisotopic (exact) mass is 289 g/mol. The van der Waals surface area contributed by atoms with Crippen LogP contribution in [0.2, 0.25) is 0 Å². The highest BCUT2D eigenvalue weighted by Gasteiger charge is 2.57. The molecule has 3 heteroatoms. The summed E-state index contributed by atoms with van der Waals surface area (Å²) in [4.78, 5) is 14.6. The normalized spacial score (nSPS) is 45.5. The summed E-state index contributed by atoms with van der Waals surface area (Å²) in [6.07, 6.45) is 4.95. The van der Waals surface area contributed by atoms with Gasteiger partial charge in [0.25, 0.3) is 0 Å². The molecule has 3 nitrogen and oxygen atoms in total. The predicted molar refractivity (Wildman–Crippen MR) is 81.8 cm³/mol. The van der Waals surface area contributed by atoms with Crippen LogP contribution in [0, 0.1) is 17.8 Å². The lowest BCUT2D eigenvalue weighted by Crippen LogP contribution is -2.62. The van der Waals surface area contributed by atoms with Crippen LogP contribution in [0.5, 0.6) is 0 Å². The molecule has 4 rings (SSSR count). The summed E-state index contributed by atoms with van der Waals surface area (Å²) in [5.74, 6) is 2.17. The van der Waals surface area contributed by atoms with Gasteiger partial charge >= 0.3 is 0 Å². The maximum Gasteiger partial charge on any atom is 0.159 e. The van der Waals surface area contributed by atoms with Crippen LogP contribution < -0.4 is 0 Å². The van der Waals surface area contributed by atoms with E-state index in [1.807, 2.05) is 6.92 Å². The highest BCUT2D eigenvalue weighted by Crippen LogP contribution is 2.52. The van der Waals surface area contributed by atoms with E-state index in [9.17, 15) is 4.79 Å². The first kappa shape index (κ1) is 14.0. The summed E-state index contributed by atoms with van der Waals surface area (Å²) in [6, 6.07) is 0. The van der Waals surface area contributed by atoms with Crippen molar-refractivity contribution >= 4 is 5.78 Å². The molecule has 4 aliphatic rings. The number of fused-ring (bicyclic) bond motifs is 4. The molecule has 0 spiro atoms. The molecule has 2 saturated heterocycles. The molecule has 2 aliphatic carbocycles. The molecule has 0 aromatic rings. The molecule has 2 heterocycles. The Bertz CT molecular complexity index is 521. The topological polar surface area (TPSA) is 29.5 Å². The molecule has 1 saturated carbocycles. The molecule has 5 atom stereocenters. The molecule has 0 radical (unpaired) electrons. The third-order valence-corrected chi connectivity index (χ3v) is 6.69. The second-order valence-corrected chi connectivity index (χ2v) is 8.26. The lowest BCUT2D eigenvalue weighted by Gasteiger charge is -2.55. The molecule has 3 fully saturated rings. The van der Waals surface area contributed by atoms with Crippen LogP contribution in [-0.4, -0.2) is 35.1 Å². The summed E-state index contributed by atoms with van der Waals surface area (Å²) in [5, 5.41) is 0. The van der Waals surface area contributed by atoms with E-state index in [2.05, 4.69) is 25.7 Å². The zero-order valence-electron chi connectivity index (χ0n) is 13.7. The van der Waals surface area contributed by atoms with Crippen molar-refractivity contribution in [3.05, 3.63) is 11.1 Å². The van der Waals surface area contributed by atoms with Gasteiger partial charge in [-0.15, -0.1) is 0 Å². The Morgan fingerprint density at radius 2 is 2.05 bits per heavy atom. The van der Waals surface area contributed by atoms with Crippen molar-refractivity contribution < 1.29 is 9.53 Å². The van der Waals surface area contributed by atoms with Gasteiger partial charge in [0.15, 0.2) is 5.78 Å². The van der Waals surface area contributed by atoms with E-state index in [4.69, 9.17) is 4.74 Å². The van der Waals surface area contributed by atoms with Crippen LogP contribution in [0.25, 0.3) is 0 Å². The fourth-order valence-electron chi connectivity index (χ4n) is 5.35. The summed E-state index contributed by atoms with van der Waals surface area (Å²) in [7, 11) is 0. The lowest BCUT2D eigenvalue weighted by molar-refractivity contribution is -0.207. The molecule has 116 valence electrons. The van der Waals surface area contributed by atoms with Crippen molar-refractivity contribution in [3.8, 4) is 0 Å². The average molecular weight is 289 g/mol. The molecule has 0 N–H and O–H groups in total. The summed E-state index contributed by atoms with van der Waals surface area (Å²) in [5.41, 5.74) is 2.49. The number of ether oxygens (including phenoxy) is 1. The van der Waals surface area contributed by atoms with Crippen molar-refractivity contribution in [1.29, 1.82) is 0 Å². The third kappa shape index (κ3) is 1.83. The van der Waals surface area contributed by atoms with E-state index < -0.39 is 0 Å². The van der Waals surface area contributed by atoms with Gasteiger partial charge < -0.3 is 4.74 Å². The van der Waals surface area contributed by atoms with Gasteiger partial charge in [-0.2, -0.15) is 0 Å². The minimum atomic E-state index is 0.0722. The van der Waals surface area contributed by atoms with Gasteiger partial charge in [-0.3, -0.25) is 9.69 Å². The van der Waals surface area contributed by atoms with Crippen LogP contribution in [-0.2, 0) is 9.53 Å². The van der Waals surface area contributed by atoms with Crippen LogP contribution >= 0.6 is 0 Å². The molecular formula is C18H27NO2. The quantitative estimate of drug-likeness (QED) is 0.686. The first-order valence-corrected chi connectivity index (χ1v) is 8.55. The second-order valence-electron chi connectivity index (χ2n) is 8.26. The Kier molecular flexibility index (Phi) is 2.94. The smallest absolute Gasteiger partial charge is 0.159 e. The number of ketones is 1. The zero-order valence-corrected chi connectivity index (χ0v) is 13.7. The zero-order chi connectivity index (χ0) is 14.9. The number of Topliss-reactive ketones (excluding diaryl/α,β-unsaturated/α-hetero) is 1. The van der Waals surface area contributed by atoms with Crippen molar-refractivity contribution in [3.63, 3.8) is 0 Å². The van der Waals surface area contributed by atoms with Gasteiger partial charge in [0.2, 0.25) is 0 Å². The SMILES string of the molecule is CC1=C2[C@@H](CC1=O)CN1[C@H]2O[C@@H]2C[C@H](C)CC[C@H]2C1(C)C. The molecular weight excluding hydrogens is 262 g/mol. The van der Waals surface area contributed by atoms with Gasteiger partial charge in [-0.25, -0.2) is 0 Å². The number of allylic oxidation sites excluding steroid dienone is 1. The average Bonchev–Trinajstić information content (AvgIpc) is 2.88. The summed E-state index contributed by atoms with van der Waals surface area (Å²) >= 11 is 0. The summed E-state index contributed by atoms with van der Waals surface area (Å²) in [6.45, 7) is 10.2. The van der Waals surface area contributed by atoms with Crippen LogP contribution in [0.15, 0.2) is 11.1 Å². The van der Waals surface area contributed by atoms with E-state index in [0.29, 0.717) is 30.1 Å². The molecule has 0 unspecified atom stereocenters. The van der Waals surface area contributed by atoms with Gasteiger partial charge in [0, 0.05) is 30.3 Å². The molecule has 0 aromatic carbocycles. The van der Waals surface area contributed by atoms with Crippen molar-refractivity contribution in [1.82, 2.24) is 4.90 Å². The lowest BCUT2D eigenvalue weighted by atomic mass is 9.70. The number of carbonyl (C=O) groups is 1. The molecule has 2 aliphatic heterocycles. The first-order chi connectivity index (χ1) is 9.89. The minimum absolute atomic E-state index is 0.0722. The fourth-order valence-corrected chi connectivity index (χ4v) is 5.35. The Labute approximate surface area is 127 Å². The number of carbonyl (C=O) groups excluding carboxylic acids is 1. The van der Waals surface area contributed by atoms with E-state index >= 15 is 0 Å². The molecule has 0 bridgehead atoms. The first-order valence-electron chi connectivity index (χ1n) is 8.55. The Morgan fingerprint density at radius 1 is 1.29 bits per heavy atom. The van der Waals surface area contributed by atoms with Gasteiger partial charge in [0.1, 0.15) is 6.23 Å². The van der Waals surface area contributed by atoms with Crippen molar-refractivity contribution in [2.45, 2.75) is 71.2 Å². The summed E-state index contributed by atoms with van der Waals surface area (Å²) < 4.78 is 6.57. The highest BCUT2D eigenvalue weighted by atomic mass is 16.5. The maximum absolute atomic E-state index is 12.0. The standard InChI is InChI=1S/C18H27NO2/c1-10-5-6-13-15(7-10)21-17-16-11(2)14(20)8-12(16)9-19(17)18(13,3)4/h10,12-13,15,17H,5-9H2,1-4H3/t10-,12+,13-,15-,17+/m1/s1. The maximum atomic E-state index is 12.0. The Hall–Kier alpha value is -0.670. The third-order valence-electron chi connectivity index (χ3n) is 6.69. The van der Waals surface area contributed by atoms with Gasteiger partial charge in [0.05, 0.1) is 6.10 Å². The fraction of sp³-hybridized carbons (Fsp3) is 0.833. The van der Waals surface area contributed by atoms with Crippen molar-refractivity contribution in [2.75, 3.05) is 6.54 Å². The predicted octanol–water partition coefficient (Wildman–Crippen LogP) is 3.15. The van der Waals surface area contributed by atoms with Gasteiger partial charge in [-0.1, -0.05) is 13.3 Å². The van der Waals surface area contributed by atoms with Crippen LogP contribution in [0.1, 0.15) is 53.4 Å². The van der Waals surface area contributed by atoms with E-state index in [1.165, 1.54) is 24.8 Å². The number of rotatable bonds is 0. The number of nitrogens with zero attached hydrogens (tertiary/aromatic N) is 1. The second kappa shape index (κ2) is 4.42. The van der Waals surface area contributed by atoms with Crippen LogP contribution in [0.4, 0.5) is 0 Å². The Balaban J connectivity index is 1.71.